The van der Waals surface area contributed by atoms with Crippen LogP contribution in [0.5, 0.6) is 0 Å². The molecule has 168 valence electrons. The molecule has 3 atom stereocenters. The largest absolute Gasteiger partial charge is 0.391 e. The van der Waals surface area contributed by atoms with Crippen molar-refractivity contribution >= 4 is 18.3 Å². The van der Waals surface area contributed by atoms with Gasteiger partial charge in [0.05, 0.1) is 18.1 Å². The Morgan fingerprint density at radius 1 is 1.19 bits per heavy atom. The van der Waals surface area contributed by atoms with Crippen LogP contribution in [0.2, 0.25) is 0 Å². The number of fused-ring (bicyclic) bond motifs is 1. The van der Waals surface area contributed by atoms with E-state index in [1.165, 1.54) is 28.5 Å². The monoisotopic (exact) mass is 431 g/mol. The number of hydrogen-bond acceptors (Lipinski definition) is 4. The van der Waals surface area contributed by atoms with Gasteiger partial charge in [-0.15, -0.1) is 0 Å². The summed E-state index contributed by atoms with van der Waals surface area (Å²) in [6.45, 7) is 4.87. The summed E-state index contributed by atoms with van der Waals surface area (Å²) in [5.74, 6) is -0.0323. The average Bonchev–Trinajstić information content (AvgIpc) is 3.13. The molecule has 2 aromatic carbocycles. The number of nitrogens with one attached hydrogen (secondary N) is 1. The van der Waals surface area contributed by atoms with Gasteiger partial charge in [-0.3, -0.25) is 9.79 Å². The zero-order chi connectivity index (χ0) is 22.8. The third kappa shape index (κ3) is 4.14. The molecule has 0 aromatic heterocycles. The molecule has 32 heavy (non-hydrogen) atoms. The number of hydrogen-bond donors (Lipinski definition) is 2. The van der Waals surface area contributed by atoms with Crippen LogP contribution < -0.4 is 0 Å². The van der Waals surface area contributed by atoms with Crippen molar-refractivity contribution < 1.29 is 9.90 Å². The molecule has 2 N–H and O–H groups in total. The minimum atomic E-state index is -0.413. The highest BCUT2D eigenvalue weighted by atomic mass is 16.3. The van der Waals surface area contributed by atoms with E-state index in [9.17, 15) is 9.90 Å². The van der Waals surface area contributed by atoms with Crippen LogP contribution in [0.15, 0.2) is 35.3 Å². The molecule has 2 aliphatic rings. The van der Waals surface area contributed by atoms with Crippen molar-refractivity contribution in [3.63, 3.8) is 0 Å². The second-order valence-electron chi connectivity index (χ2n) is 9.18. The number of rotatable bonds is 6. The molecule has 0 radical (unpaired) electrons. The molecule has 1 heterocycles. The van der Waals surface area contributed by atoms with Gasteiger partial charge in [0.1, 0.15) is 0 Å². The van der Waals surface area contributed by atoms with E-state index in [0.717, 1.165) is 48.8 Å². The standard InChI is InChI=1S/C27H33N3O2/c1-17-18(2)24-16-30(25-6-4-5-7-26(25)31)27(32)23(24)13-21(17)12-19-8-10-20(11-9-19)22(14-28)15-29-3/h8-11,13-15,22,25-26,28,31H,4-7,12,16H2,1-3H3. The number of benzene rings is 2. The van der Waals surface area contributed by atoms with Crippen LogP contribution in [0, 0.1) is 19.3 Å². The minimum absolute atomic E-state index is 0.0622. The third-order valence-corrected chi connectivity index (χ3v) is 7.30. The Kier molecular flexibility index (Phi) is 6.56. The number of aliphatic hydroxyl groups excluding tert-OH is 1. The van der Waals surface area contributed by atoms with Crippen LogP contribution in [0.1, 0.15) is 75.3 Å². The Morgan fingerprint density at radius 3 is 2.56 bits per heavy atom. The van der Waals surface area contributed by atoms with Crippen LogP contribution >= 0.6 is 0 Å². The third-order valence-electron chi connectivity index (χ3n) is 7.30. The molecule has 5 nitrogen and oxygen atoms in total. The maximum atomic E-state index is 13.3. The van der Waals surface area contributed by atoms with E-state index >= 15 is 0 Å². The summed E-state index contributed by atoms with van der Waals surface area (Å²) in [4.78, 5) is 19.3. The molecule has 2 aromatic rings. The summed E-state index contributed by atoms with van der Waals surface area (Å²) in [6, 6.07) is 10.3. The van der Waals surface area contributed by atoms with Crippen molar-refractivity contribution in [1.82, 2.24) is 4.90 Å². The number of nitrogens with zero attached hydrogens (tertiary/aromatic N) is 2. The highest BCUT2D eigenvalue weighted by molar-refractivity contribution is 5.99. The van der Waals surface area contributed by atoms with E-state index in [-0.39, 0.29) is 17.9 Å². The summed E-state index contributed by atoms with van der Waals surface area (Å²) < 4.78 is 0. The van der Waals surface area contributed by atoms with E-state index < -0.39 is 6.10 Å². The van der Waals surface area contributed by atoms with Crippen molar-refractivity contribution in [2.24, 2.45) is 4.99 Å². The quantitative estimate of drug-likeness (QED) is 0.657. The topological polar surface area (TPSA) is 76.8 Å². The Hall–Kier alpha value is -2.79. The first kappa shape index (κ1) is 22.4. The van der Waals surface area contributed by atoms with Crippen LogP contribution in [-0.4, -0.2) is 47.5 Å². The molecule has 0 spiro atoms. The Labute approximate surface area is 190 Å². The van der Waals surface area contributed by atoms with Gasteiger partial charge in [0.2, 0.25) is 0 Å². The van der Waals surface area contributed by atoms with Gasteiger partial charge in [-0.1, -0.05) is 37.1 Å². The number of carbonyl (C=O) groups excluding carboxylic acids is 1. The van der Waals surface area contributed by atoms with Crippen molar-refractivity contribution in [2.75, 3.05) is 7.05 Å². The van der Waals surface area contributed by atoms with Crippen molar-refractivity contribution in [3.05, 3.63) is 69.3 Å². The minimum Gasteiger partial charge on any atom is -0.391 e. The average molecular weight is 432 g/mol. The predicted octanol–water partition coefficient (Wildman–Crippen LogP) is 4.59. The normalized spacial score (nSPS) is 21.8. The Bertz CT molecular complexity index is 1040. The fourth-order valence-electron chi connectivity index (χ4n) is 5.20. The first-order valence-corrected chi connectivity index (χ1v) is 11.6. The maximum absolute atomic E-state index is 13.3. The van der Waals surface area contributed by atoms with E-state index in [2.05, 4.69) is 49.2 Å². The fourth-order valence-corrected chi connectivity index (χ4v) is 5.20. The van der Waals surface area contributed by atoms with Crippen molar-refractivity contribution in [2.45, 2.75) is 70.6 Å². The lowest BCUT2D eigenvalue weighted by atomic mass is 9.90. The number of amides is 1. The molecular formula is C27H33N3O2. The summed E-state index contributed by atoms with van der Waals surface area (Å²) in [5, 5.41) is 18.1. The Morgan fingerprint density at radius 2 is 1.91 bits per heavy atom. The second-order valence-corrected chi connectivity index (χ2v) is 9.18. The summed E-state index contributed by atoms with van der Waals surface area (Å²) in [7, 11) is 1.72. The van der Waals surface area contributed by atoms with Crippen LogP contribution in [-0.2, 0) is 13.0 Å². The van der Waals surface area contributed by atoms with Crippen molar-refractivity contribution in [3.8, 4) is 0 Å². The zero-order valence-electron chi connectivity index (χ0n) is 19.3. The zero-order valence-corrected chi connectivity index (χ0v) is 19.3. The Balaban J connectivity index is 1.58. The molecule has 0 saturated heterocycles. The molecule has 5 heteroatoms. The van der Waals surface area contributed by atoms with E-state index in [1.807, 2.05) is 4.90 Å². The summed E-state index contributed by atoms with van der Waals surface area (Å²) in [6.07, 6.45) is 7.31. The molecular weight excluding hydrogens is 398 g/mol. The number of aliphatic imine (C=N–C) groups is 1. The first-order chi connectivity index (χ1) is 15.4. The van der Waals surface area contributed by atoms with Gasteiger partial charge in [-0.25, -0.2) is 0 Å². The smallest absolute Gasteiger partial charge is 0.254 e. The molecule has 1 fully saturated rings. The van der Waals surface area contributed by atoms with Gasteiger partial charge in [0.15, 0.2) is 0 Å². The van der Waals surface area contributed by atoms with Gasteiger partial charge >= 0.3 is 0 Å². The fraction of sp³-hybridized carbons (Fsp3) is 0.444. The van der Waals surface area contributed by atoms with Gasteiger partial charge < -0.3 is 15.4 Å². The molecule has 1 aliphatic carbocycles. The SMILES string of the molecule is CN=CC(C=N)c1ccc(Cc2cc3c(c(C)c2C)CN(C2CCCCC2O)C3=O)cc1. The maximum Gasteiger partial charge on any atom is 0.254 e. The molecule has 3 unspecified atom stereocenters. The highest BCUT2D eigenvalue weighted by Crippen LogP contribution is 2.35. The van der Waals surface area contributed by atoms with E-state index in [1.54, 1.807) is 13.3 Å². The van der Waals surface area contributed by atoms with E-state index in [4.69, 9.17) is 5.41 Å². The second kappa shape index (κ2) is 9.37. The van der Waals surface area contributed by atoms with E-state index in [0.29, 0.717) is 6.54 Å². The van der Waals surface area contributed by atoms with Gasteiger partial charge in [0.25, 0.3) is 5.91 Å². The molecule has 0 bridgehead atoms. The van der Waals surface area contributed by atoms with Gasteiger partial charge in [0, 0.05) is 31.6 Å². The van der Waals surface area contributed by atoms with Gasteiger partial charge in [-0.05, 0) is 72.6 Å². The highest BCUT2D eigenvalue weighted by Gasteiger charge is 2.38. The van der Waals surface area contributed by atoms with Crippen LogP contribution in [0.25, 0.3) is 0 Å². The predicted molar refractivity (Wildman–Crippen MR) is 129 cm³/mol. The summed E-state index contributed by atoms with van der Waals surface area (Å²) >= 11 is 0. The van der Waals surface area contributed by atoms with Crippen molar-refractivity contribution in [1.29, 1.82) is 5.41 Å². The molecule has 1 amide bonds. The first-order valence-electron chi connectivity index (χ1n) is 11.6. The lowest BCUT2D eigenvalue weighted by Gasteiger charge is -2.35. The number of aliphatic hydroxyl groups is 1. The molecule has 1 aliphatic heterocycles. The summed E-state index contributed by atoms with van der Waals surface area (Å²) in [5.41, 5.74) is 7.76. The lowest BCUT2D eigenvalue weighted by Crippen LogP contribution is -2.45. The number of carbonyl (C=O) groups is 1. The lowest BCUT2D eigenvalue weighted by molar-refractivity contribution is 0.0191. The molecule has 1 saturated carbocycles. The van der Waals surface area contributed by atoms with Crippen LogP contribution in [0.3, 0.4) is 0 Å². The van der Waals surface area contributed by atoms with Crippen LogP contribution in [0.4, 0.5) is 0 Å². The molecule has 4 rings (SSSR count). The van der Waals surface area contributed by atoms with Gasteiger partial charge in [-0.2, -0.15) is 0 Å².